The van der Waals surface area contributed by atoms with Crippen LogP contribution in [0, 0.1) is 18.7 Å². The van der Waals surface area contributed by atoms with E-state index in [4.69, 9.17) is 0 Å². The number of halogens is 1. The molecule has 0 aromatic heterocycles. The van der Waals surface area contributed by atoms with Crippen molar-refractivity contribution in [2.24, 2.45) is 5.92 Å². The van der Waals surface area contributed by atoms with Crippen LogP contribution in [0.3, 0.4) is 0 Å². The first-order valence-electron chi connectivity index (χ1n) is 5.92. The lowest BCUT2D eigenvalue weighted by atomic mass is 10.1. The molecule has 4 heteroatoms. The Hall–Kier alpha value is -1.42. The summed E-state index contributed by atoms with van der Waals surface area (Å²) in [6, 6.07) is 4.43. The second kappa shape index (κ2) is 5.27. The monoisotopic (exact) mass is 236 g/mol. The van der Waals surface area contributed by atoms with Gasteiger partial charge in [0.15, 0.2) is 0 Å². The molecule has 92 valence electrons. The van der Waals surface area contributed by atoms with Crippen LogP contribution in [0.2, 0.25) is 0 Å². The molecule has 17 heavy (non-hydrogen) atoms. The van der Waals surface area contributed by atoms with Gasteiger partial charge in [-0.3, -0.25) is 4.79 Å². The predicted molar refractivity (Wildman–Crippen MR) is 64.4 cm³/mol. The first-order chi connectivity index (χ1) is 8.16. The van der Waals surface area contributed by atoms with Crippen molar-refractivity contribution in [2.45, 2.75) is 13.3 Å². The van der Waals surface area contributed by atoms with Gasteiger partial charge in [0.2, 0.25) is 0 Å². The van der Waals surface area contributed by atoms with Crippen LogP contribution >= 0.6 is 0 Å². The van der Waals surface area contributed by atoms with Crippen molar-refractivity contribution >= 4 is 5.91 Å². The minimum absolute atomic E-state index is 0.125. The number of rotatable bonds is 3. The summed E-state index contributed by atoms with van der Waals surface area (Å²) in [4.78, 5) is 11.8. The van der Waals surface area contributed by atoms with E-state index in [1.807, 2.05) is 0 Å². The largest absolute Gasteiger partial charge is 0.352 e. The molecule has 0 radical (unpaired) electrons. The number of hydrogen-bond donors (Lipinski definition) is 2. The Morgan fingerprint density at radius 2 is 2.41 bits per heavy atom. The fourth-order valence-electron chi connectivity index (χ4n) is 2.01. The van der Waals surface area contributed by atoms with Crippen LogP contribution in [-0.2, 0) is 0 Å². The van der Waals surface area contributed by atoms with Gasteiger partial charge in [-0.05, 0) is 56.1 Å². The van der Waals surface area contributed by atoms with Crippen molar-refractivity contribution in [1.82, 2.24) is 10.6 Å². The lowest BCUT2D eigenvalue weighted by molar-refractivity contribution is 0.0948. The molecule has 3 nitrogen and oxygen atoms in total. The van der Waals surface area contributed by atoms with Crippen molar-refractivity contribution in [3.05, 3.63) is 35.1 Å². The van der Waals surface area contributed by atoms with Gasteiger partial charge in [0.05, 0.1) is 0 Å². The summed E-state index contributed by atoms with van der Waals surface area (Å²) in [6.07, 6.45) is 1.10. The summed E-state index contributed by atoms with van der Waals surface area (Å²) in [5.41, 5.74) is 1.02. The molecule has 1 heterocycles. The number of carbonyl (C=O) groups excluding carboxylic acids is 1. The molecule has 2 N–H and O–H groups in total. The second-order valence-corrected chi connectivity index (χ2v) is 4.53. The highest BCUT2D eigenvalue weighted by atomic mass is 19.1. The van der Waals surface area contributed by atoms with E-state index in [0.717, 1.165) is 19.5 Å². The molecule has 1 aliphatic rings. The molecule has 1 aromatic rings. The molecule has 1 atom stereocenters. The zero-order valence-electron chi connectivity index (χ0n) is 9.92. The van der Waals surface area contributed by atoms with Gasteiger partial charge in [-0.2, -0.15) is 0 Å². The van der Waals surface area contributed by atoms with Crippen molar-refractivity contribution in [3.8, 4) is 0 Å². The van der Waals surface area contributed by atoms with Crippen molar-refractivity contribution in [2.75, 3.05) is 19.6 Å². The molecule has 1 fully saturated rings. The maximum Gasteiger partial charge on any atom is 0.251 e. The highest BCUT2D eigenvalue weighted by Crippen LogP contribution is 2.10. The van der Waals surface area contributed by atoms with Gasteiger partial charge in [0, 0.05) is 12.1 Å². The number of aryl methyl sites for hydroxylation is 1. The summed E-state index contributed by atoms with van der Waals surface area (Å²) < 4.78 is 13.1. The van der Waals surface area contributed by atoms with Crippen LogP contribution < -0.4 is 10.6 Å². The van der Waals surface area contributed by atoms with Crippen LogP contribution in [0.1, 0.15) is 22.3 Å². The Bertz CT molecular complexity index is 414. The van der Waals surface area contributed by atoms with Gasteiger partial charge in [-0.25, -0.2) is 4.39 Å². The normalized spacial score (nSPS) is 19.3. The SMILES string of the molecule is Cc1cc(C(=O)NCC2CCNC2)ccc1F. The summed E-state index contributed by atoms with van der Waals surface area (Å²) in [5.74, 6) is 0.113. The highest BCUT2D eigenvalue weighted by molar-refractivity contribution is 5.94. The standard InChI is InChI=1S/C13H17FN2O/c1-9-6-11(2-3-12(9)14)13(17)16-8-10-4-5-15-7-10/h2-3,6,10,15H,4-5,7-8H2,1H3,(H,16,17). The molecule has 1 unspecified atom stereocenters. The Kier molecular flexibility index (Phi) is 3.74. The molecule has 0 spiro atoms. The van der Waals surface area contributed by atoms with E-state index in [9.17, 15) is 9.18 Å². The fourth-order valence-corrected chi connectivity index (χ4v) is 2.01. The van der Waals surface area contributed by atoms with Crippen molar-refractivity contribution in [1.29, 1.82) is 0 Å². The summed E-state index contributed by atoms with van der Waals surface area (Å²) >= 11 is 0. The van der Waals surface area contributed by atoms with Crippen molar-refractivity contribution < 1.29 is 9.18 Å². The smallest absolute Gasteiger partial charge is 0.251 e. The zero-order valence-corrected chi connectivity index (χ0v) is 9.92. The van der Waals surface area contributed by atoms with E-state index in [-0.39, 0.29) is 11.7 Å². The number of benzene rings is 1. The van der Waals surface area contributed by atoms with Crippen LogP contribution in [0.4, 0.5) is 4.39 Å². The molecule has 1 saturated heterocycles. The van der Waals surface area contributed by atoms with Gasteiger partial charge in [-0.15, -0.1) is 0 Å². The average Bonchev–Trinajstić information content (AvgIpc) is 2.82. The first-order valence-corrected chi connectivity index (χ1v) is 5.92. The third-order valence-electron chi connectivity index (χ3n) is 3.13. The zero-order chi connectivity index (χ0) is 12.3. The quantitative estimate of drug-likeness (QED) is 0.834. The molecule has 1 amide bonds. The number of nitrogens with one attached hydrogen (secondary N) is 2. The minimum atomic E-state index is -0.276. The summed E-state index contributed by atoms with van der Waals surface area (Å²) in [5, 5.41) is 6.14. The Labute approximate surface area is 100 Å². The van der Waals surface area contributed by atoms with E-state index in [2.05, 4.69) is 10.6 Å². The van der Waals surface area contributed by atoms with Crippen molar-refractivity contribution in [3.63, 3.8) is 0 Å². The lowest BCUT2D eigenvalue weighted by Crippen LogP contribution is -2.30. The number of amides is 1. The van der Waals surface area contributed by atoms with E-state index in [1.165, 1.54) is 12.1 Å². The van der Waals surface area contributed by atoms with E-state index in [0.29, 0.717) is 23.6 Å². The molecular weight excluding hydrogens is 219 g/mol. The molecule has 0 saturated carbocycles. The van der Waals surface area contributed by atoms with Gasteiger partial charge < -0.3 is 10.6 Å². The highest BCUT2D eigenvalue weighted by Gasteiger charge is 2.15. The first kappa shape index (κ1) is 12.0. The fraction of sp³-hybridized carbons (Fsp3) is 0.462. The predicted octanol–water partition coefficient (Wildman–Crippen LogP) is 1.47. The van der Waals surface area contributed by atoms with E-state index >= 15 is 0 Å². The second-order valence-electron chi connectivity index (χ2n) is 4.53. The summed E-state index contributed by atoms with van der Waals surface area (Å²) in [7, 11) is 0. The van der Waals surface area contributed by atoms with Gasteiger partial charge >= 0.3 is 0 Å². The molecule has 0 bridgehead atoms. The molecular formula is C13H17FN2O. The van der Waals surface area contributed by atoms with Gasteiger partial charge in [-0.1, -0.05) is 0 Å². The minimum Gasteiger partial charge on any atom is -0.352 e. The third-order valence-corrected chi connectivity index (χ3v) is 3.13. The van der Waals surface area contributed by atoms with E-state index < -0.39 is 0 Å². The van der Waals surface area contributed by atoms with E-state index in [1.54, 1.807) is 13.0 Å². The topological polar surface area (TPSA) is 41.1 Å². The van der Waals surface area contributed by atoms with Crippen LogP contribution in [0.5, 0.6) is 0 Å². The maximum absolute atomic E-state index is 13.1. The summed E-state index contributed by atoms with van der Waals surface area (Å²) in [6.45, 7) is 4.33. The van der Waals surface area contributed by atoms with Crippen LogP contribution in [-0.4, -0.2) is 25.5 Å². The Balaban J connectivity index is 1.92. The number of carbonyl (C=O) groups is 1. The Morgan fingerprint density at radius 3 is 3.06 bits per heavy atom. The number of hydrogen-bond acceptors (Lipinski definition) is 2. The lowest BCUT2D eigenvalue weighted by Gasteiger charge is -2.10. The van der Waals surface area contributed by atoms with Crippen LogP contribution in [0.25, 0.3) is 0 Å². The van der Waals surface area contributed by atoms with Crippen LogP contribution in [0.15, 0.2) is 18.2 Å². The average molecular weight is 236 g/mol. The van der Waals surface area contributed by atoms with Gasteiger partial charge in [0.1, 0.15) is 5.82 Å². The maximum atomic E-state index is 13.1. The molecule has 1 aromatic carbocycles. The molecule has 0 aliphatic carbocycles. The molecule has 2 rings (SSSR count). The third kappa shape index (κ3) is 3.03. The Morgan fingerprint density at radius 1 is 1.59 bits per heavy atom. The van der Waals surface area contributed by atoms with Gasteiger partial charge in [0.25, 0.3) is 5.91 Å². The molecule has 1 aliphatic heterocycles.